The summed E-state index contributed by atoms with van der Waals surface area (Å²) in [6.07, 6.45) is 9.76. The number of hydrogen-bond donors (Lipinski definition) is 1. The predicted molar refractivity (Wildman–Crippen MR) is 132 cm³/mol. The highest BCUT2D eigenvalue weighted by Crippen LogP contribution is 2.54. The summed E-state index contributed by atoms with van der Waals surface area (Å²) in [5.41, 5.74) is 4.58. The lowest BCUT2D eigenvalue weighted by Gasteiger charge is -2.24. The van der Waals surface area contributed by atoms with Gasteiger partial charge in [-0.1, -0.05) is 6.07 Å². The molecule has 2 aromatic heterocycles. The number of nitrogens with zero attached hydrogens (tertiary/aromatic N) is 3. The van der Waals surface area contributed by atoms with Gasteiger partial charge in [0.25, 0.3) is 0 Å². The van der Waals surface area contributed by atoms with Crippen molar-refractivity contribution in [1.82, 2.24) is 15.2 Å². The monoisotopic (exact) mass is 466 g/mol. The first kappa shape index (κ1) is 24.6. The fraction of sp³-hybridized carbons (Fsp3) is 0.593. The minimum atomic E-state index is -0.0611. The summed E-state index contributed by atoms with van der Waals surface area (Å²) in [5, 5.41) is 16.5. The van der Waals surface area contributed by atoms with E-state index >= 15 is 0 Å². The van der Waals surface area contributed by atoms with Gasteiger partial charge in [-0.15, -0.1) is 0 Å². The minimum Gasteiger partial charge on any atom is -0.618 e. The van der Waals surface area contributed by atoms with Crippen LogP contribution >= 0.6 is 0 Å². The summed E-state index contributed by atoms with van der Waals surface area (Å²) in [7, 11) is 3.69. The first-order valence-corrected chi connectivity index (χ1v) is 12.6. The average Bonchev–Trinajstić information content (AvgIpc) is 3.60. The maximum Gasteiger partial charge on any atom is 0.212 e. The van der Waals surface area contributed by atoms with Gasteiger partial charge in [0.2, 0.25) is 5.88 Å². The second-order valence-electron chi connectivity index (χ2n) is 10.1. The summed E-state index contributed by atoms with van der Waals surface area (Å²) in [4.78, 5) is 18.3. The molecule has 1 spiro atoms. The van der Waals surface area contributed by atoms with Gasteiger partial charge in [0.15, 0.2) is 11.4 Å². The number of aryl methyl sites for hydroxylation is 1. The Morgan fingerprint density at radius 2 is 2.09 bits per heavy atom. The first-order chi connectivity index (χ1) is 16.4. The van der Waals surface area contributed by atoms with Gasteiger partial charge in [-0.3, -0.25) is 4.79 Å². The normalized spacial score (nSPS) is 16.9. The van der Waals surface area contributed by atoms with Gasteiger partial charge in [0.1, 0.15) is 5.78 Å². The highest BCUT2D eigenvalue weighted by atomic mass is 16.5. The van der Waals surface area contributed by atoms with Crippen LogP contribution in [0.4, 0.5) is 0 Å². The molecule has 184 valence electrons. The van der Waals surface area contributed by atoms with Gasteiger partial charge in [-0.05, 0) is 64.3 Å². The van der Waals surface area contributed by atoms with Crippen LogP contribution in [0, 0.1) is 5.21 Å². The number of likely N-dealkylation sites (N-methyl/N-ethyl adjacent to an activating group) is 1. The van der Waals surface area contributed by atoms with Crippen LogP contribution in [-0.4, -0.2) is 49.5 Å². The van der Waals surface area contributed by atoms with Gasteiger partial charge in [-0.25, -0.2) is 4.98 Å². The lowest BCUT2D eigenvalue weighted by atomic mass is 9.82. The topological polar surface area (TPSA) is 81.4 Å². The molecule has 1 atom stereocenters. The Bertz CT molecular complexity index is 988. The van der Waals surface area contributed by atoms with Crippen LogP contribution in [0.5, 0.6) is 5.88 Å². The van der Waals surface area contributed by atoms with Crippen LogP contribution in [0.1, 0.15) is 74.0 Å². The number of nitrogens with one attached hydrogen (secondary N) is 1. The van der Waals surface area contributed by atoms with Crippen molar-refractivity contribution in [2.45, 2.75) is 69.7 Å². The fourth-order valence-electron chi connectivity index (χ4n) is 5.31. The molecular formula is C27H38N4O3. The highest BCUT2D eigenvalue weighted by molar-refractivity contribution is 5.76. The molecule has 0 bridgehead atoms. The maximum absolute atomic E-state index is 13.0. The summed E-state index contributed by atoms with van der Waals surface area (Å²) in [6.45, 7) is 4.17. The summed E-state index contributed by atoms with van der Waals surface area (Å²) >= 11 is 0. The SMILES string of the molecule is COc1ccc([C@H](CC(C)=O)NCCN(C)CCCc2ccc3c([n+]2[O-])CCCC32CC2)cn1. The number of aromatic nitrogens is 2. The number of fused-ring (bicyclic) bond motifs is 2. The van der Waals surface area contributed by atoms with Crippen LogP contribution in [0.2, 0.25) is 0 Å². The second-order valence-corrected chi connectivity index (χ2v) is 10.1. The zero-order valence-electron chi connectivity index (χ0n) is 20.8. The molecule has 7 heteroatoms. The van der Waals surface area contributed by atoms with Crippen LogP contribution in [0.3, 0.4) is 0 Å². The Morgan fingerprint density at radius 3 is 2.76 bits per heavy atom. The van der Waals surface area contributed by atoms with Crippen LogP contribution in [-0.2, 0) is 23.1 Å². The minimum absolute atomic E-state index is 0.0611. The van der Waals surface area contributed by atoms with Crippen molar-refractivity contribution >= 4 is 5.78 Å². The van der Waals surface area contributed by atoms with Crippen molar-refractivity contribution < 1.29 is 14.3 Å². The molecule has 2 heterocycles. The first-order valence-electron chi connectivity index (χ1n) is 12.6. The number of hydrogen-bond acceptors (Lipinski definition) is 6. The molecule has 0 aliphatic heterocycles. The van der Waals surface area contributed by atoms with E-state index in [9.17, 15) is 10.0 Å². The van der Waals surface area contributed by atoms with E-state index in [0.29, 0.717) is 17.7 Å². The summed E-state index contributed by atoms with van der Waals surface area (Å²) in [6, 6.07) is 8.02. The number of Topliss-reactive ketones (excluding diaryl/α,β-unsaturated/α-hetero) is 1. The zero-order valence-corrected chi connectivity index (χ0v) is 20.8. The third-order valence-electron chi connectivity index (χ3n) is 7.47. The van der Waals surface area contributed by atoms with E-state index in [1.54, 1.807) is 20.2 Å². The van der Waals surface area contributed by atoms with Crippen LogP contribution in [0.15, 0.2) is 30.5 Å². The van der Waals surface area contributed by atoms with Gasteiger partial charge >= 0.3 is 0 Å². The number of ketones is 1. The Labute approximate surface area is 203 Å². The van der Waals surface area contributed by atoms with Gasteiger partial charge < -0.3 is 20.2 Å². The van der Waals surface area contributed by atoms with Crippen molar-refractivity contribution in [3.63, 3.8) is 0 Å². The van der Waals surface area contributed by atoms with Crippen molar-refractivity contribution in [2.75, 3.05) is 33.8 Å². The van der Waals surface area contributed by atoms with Crippen molar-refractivity contribution in [3.05, 3.63) is 58.2 Å². The number of pyridine rings is 2. The maximum atomic E-state index is 13.0. The molecule has 0 unspecified atom stereocenters. The van der Waals surface area contributed by atoms with Crippen LogP contribution in [0.25, 0.3) is 0 Å². The molecule has 2 aliphatic carbocycles. The molecule has 1 N–H and O–H groups in total. The molecule has 0 saturated heterocycles. The van der Waals surface area contributed by atoms with Crippen molar-refractivity contribution in [3.8, 4) is 5.88 Å². The molecule has 4 rings (SSSR count). The molecule has 34 heavy (non-hydrogen) atoms. The molecule has 2 aromatic rings. The van der Waals surface area contributed by atoms with Crippen molar-refractivity contribution in [1.29, 1.82) is 0 Å². The Balaban J connectivity index is 1.24. The molecule has 1 fully saturated rings. The fourth-order valence-corrected chi connectivity index (χ4v) is 5.31. The summed E-state index contributed by atoms with van der Waals surface area (Å²) < 4.78 is 6.37. The number of carbonyl (C=O) groups is 1. The third-order valence-corrected chi connectivity index (χ3v) is 7.47. The van der Waals surface area contributed by atoms with E-state index < -0.39 is 0 Å². The van der Waals surface area contributed by atoms with Crippen LogP contribution < -0.4 is 14.8 Å². The molecule has 0 radical (unpaired) electrons. The number of methoxy groups -OCH3 is 1. The molecule has 1 saturated carbocycles. The molecule has 0 amide bonds. The van der Waals surface area contributed by atoms with Gasteiger partial charge in [-0.2, -0.15) is 4.73 Å². The Morgan fingerprint density at radius 1 is 1.26 bits per heavy atom. The van der Waals surface area contributed by atoms with Gasteiger partial charge in [0, 0.05) is 67.7 Å². The Hall–Kier alpha value is -2.51. The zero-order chi connectivity index (χ0) is 24.1. The molecular weight excluding hydrogens is 428 g/mol. The van der Waals surface area contributed by atoms with E-state index in [1.165, 1.54) is 29.6 Å². The average molecular weight is 467 g/mol. The van der Waals surface area contributed by atoms with Crippen molar-refractivity contribution in [2.24, 2.45) is 0 Å². The highest BCUT2D eigenvalue weighted by Gasteiger charge is 2.49. The van der Waals surface area contributed by atoms with E-state index in [-0.39, 0.29) is 11.8 Å². The largest absolute Gasteiger partial charge is 0.618 e. The quantitative estimate of drug-likeness (QED) is 0.382. The molecule has 0 aromatic carbocycles. The molecule has 2 aliphatic rings. The lowest BCUT2D eigenvalue weighted by molar-refractivity contribution is -0.623. The van der Waals surface area contributed by atoms with Gasteiger partial charge in [0.05, 0.1) is 7.11 Å². The smallest absolute Gasteiger partial charge is 0.212 e. The number of carbonyl (C=O) groups excluding carboxylic acids is 1. The predicted octanol–water partition coefficient (Wildman–Crippen LogP) is 3.27. The van der Waals surface area contributed by atoms with E-state index in [4.69, 9.17) is 4.74 Å². The van der Waals surface area contributed by atoms with E-state index in [2.05, 4.69) is 34.4 Å². The molecule has 7 nitrogen and oxygen atoms in total. The second kappa shape index (κ2) is 10.8. The number of ether oxygens (including phenoxy) is 1. The third kappa shape index (κ3) is 5.76. The number of rotatable bonds is 12. The Kier molecular flexibility index (Phi) is 7.84. The lowest BCUT2D eigenvalue weighted by Crippen LogP contribution is -2.41. The summed E-state index contributed by atoms with van der Waals surface area (Å²) in [5.74, 6) is 0.709. The standard InChI is InChI=1S/C27H38N4O3/c1-20(32)18-24(21-8-11-26(34-3)29-19-21)28-15-17-30(2)16-5-6-22-9-10-23-25(31(22)33)7-4-12-27(23)13-14-27/h8-11,19,24,28H,4-7,12-18H2,1-3H3/t24-/m0/s1. The van der Waals surface area contributed by atoms with E-state index in [0.717, 1.165) is 62.3 Å². The van der Waals surface area contributed by atoms with E-state index in [1.807, 2.05) is 12.1 Å².